The summed E-state index contributed by atoms with van der Waals surface area (Å²) in [5.41, 5.74) is -0.341. The Bertz CT molecular complexity index is 722. The summed E-state index contributed by atoms with van der Waals surface area (Å²) in [6.07, 6.45) is 0. The van der Waals surface area contributed by atoms with E-state index in [2.05, 4.69) is 5.32 Å². The van der Waals surface area contributed by atoms with Gasteiger partial charge >= 0.3 is 0 Å². The molecule has 0 aliphatic rings. The minimum absolute atomic E-state index is 0.312. The molecule has 1 amide bonds. The number of nitrogens with two attached hydrogens (primary N) is 1. The van der Waals surface area contributed by atoms with E-state index in [1.165, 1.54) is 4.57 Å². The van der Waals surface area contributed by atoms with E-state index in [9.17, 15) is 14.7 Å². The van der Waals surface area contributed by atoms with Gasteiger partial charge in [-0.1, -0.05) is 23.9 Å². The van der Waals surface area contributed by atoms with Crippen LogP contribution in [0.4, 0.5) is 0 Å². The van der Waals surface area contributed by atoms with Gasteiger partial charge in [-0.25, -0.2) is 0 Å². The van der Waals surface area contributed by atoms with Crippen LogP contribution in [0.5, 0.6) is 5.75 Å². The van der Waals surface area contributed by atoms with Crippen molar-refractivity contribution in [3.8, 4) is 5.75 Å². The molecule has 0 radical (unpaired) electrons. The number of pyridine rings is 1. The summed E-state index contributed by atoms with van der Waals surface area (Å²) in [6, 6.07) is 6.78. The maximum atomic E-state index is 12.3. The number of carbonyl (C=O) groups excluding carboxylic acids is 1. The summed E-state index contributed by atoms with van der Waals surface area (Å²) in [5, 5.41) is 17.4. The van der Waals surface area contributed by atoms with Crippen molar-refractivity contribution in [1.29, 1.82) is 0 Å². The van der Waals surface area contributed by atoms with Gasteiger partial charge in [-0.05, 0) is 18.4 Å². The SMILES string of the molecule is CC[NH2+]CCNC(=O)c1c([O-])c2ccccc2n(C)c1=O. The quantitative estimate of drug-likeness (QED) is 0.686. The lowest BCUT2D eigenvalue weighted by molar-refractivity contribution is -0.649. The Morgan fingerprint density at radius 2 is 2.10 bits per heavy atom. The number of hydrogen-bond donors (Lipinski definition) is 2. The van der Waals surface area contributed by atoms with Gasteiger partial charge in [-0.15, -0.1) is 0 Å². The lowest BCUT2D eigenvalue weighted by Crippen LogP contribution is -2.85. The zero-order valence-corrected chi connectivity index (χ0v) is 12.2. The Balaban J connectivity index is 2.40. The number of aryl methyl sites for hydroxylation is 1. The molecule has 2 aromatic rings. The molecule has 0 saturated heterocycles. The Hall–Kier alpha value is -2.34. The van der Waals surface area contributed by atoms with Crippen LogP contribution in [0.2, 0.25) is 0 Å². The van der Waals surface area contributed by atoms with Gasteiger partial charge in [0.1, 0.15) is 0 Å². The highest BCUT2D eigenvalue weighted by molar-refractivity contribution is 6.01. The molecule has 0 aliphatic carbocycles. The lowest BCUT2D eigenvalue weighted by Gasteiger charge is -2.18. The number of quaternary nitrogens is 1. The van der Waals surface area contributed by atoms with Crippen LogP contribution >= 0.6 is 0 Å². The van der Waals surface area contributed by atoms with Crippen molar-refractivity contribution in [1.82, 2.24) is 9.88 Å². The van der Waals surface area contributed by atoms with Crippen molar-refractivity contribution < 1.29 is 15.2 Å². The van der Waals surface area contributed by atoms with Crippen LogP contribution in [0.1, 0.15) is 17.3 Å². The number of benzene rings is 1. The van der Waals surface area contributed by atoms with E-state index in [1.54, 1.807) is 31.3 Å². The number of nitrogens with one attached hydrogen (secondary N) is 1. The molecule has 1 aromatic heterocycles. The molecular weight excluding hydrogens is 270 g/mol. The summed E-state index contributed by atoms with van der Waals surface area (Å²) < 4.78 is 1.34. The van der Waals surface area contributed by atoms with Gasteiger partial charge in [0.2, 0.25) is 0 Å². The molecule has 0 bridgehead atoms. The maximum absolute atomic E-state index is 12.3. The number of hydrogen-bond acceptors (Lipinski definition) is 3. The minimum Gasteiger partial charge on any atom is -0.871 e. The lowest BCUT2D eigenvalue weighted by atomic mass is 10.1. The molecule has 112 valence electrons. The minimum atomic E-state index is -0.601. The molecule has 3 N–H and O–H groups in total. The van der Waals surface area contributed by atoms with Crippen molar-refractivity contribution in [3.05, 3.63) is 40.2 Å². The van der Waals surface area contributed by atoms with E-state index in [0.717, 1.165) is 6.54 Å². The largest absolute Gasteiger partial charge is 0.871 e. The second kappa shape index (κ2) is 6.41. The van der Waals surface area contributed by atoms with Gasteiger partial charge < -0.3 is 20.3 Å². The van der Waals surface area contributed by atoms with Crippen LogP contribution in [-0.2, 0) is 7.05 Å². The van der Waals surface area contributed by atoms with Gasteiger partial charge in [0, 0.05) is 7.05 Å². The van der Waals surface area contributed by atoms with E-state index < -0.39 is 17.2 Å². The molecule has 6 heteroatoms. The van der Waals surface area contributed by atoms with Crippen molar-refractivity contribution >= 4 is 16.8 Å². The molecule has 0 fully saturated rings. The van der Waals surface area contributed by atoms with Crippen LogP contribution in [-0.4, -0.2) is 30.1 Å². The van der Waals surface area contributed by atoms with Crippen molar-refractivity contribution in [2.45, 2.75) is 6.92 Å². The first-order chi connectivity index (χ1) is 10.1. The van der Waals surface area contributed by atoms with Crippen molar-refractivity contribution in [2.75, 3.05) is 19.6 Å². The Morgan fingerprint density at radius 3 is 2.81 bits per heavy atom. The topological polar surface area (TPSA) is 90.8 Å². The van der Waals surface area contributed by atoms with Crippen LogP contribution in [0.15, 0.2) is 29.1 Å². The summed E-state index contributed by atoms with van der Waals surface area (Å²) >= 11 is 0. The molecule has 1 aromatic carbocycles. The molecule has 0 unspecified atom stereocenters. The summed E-state index contributed by atoms with van der Waals surface area (Å²) in [5.74, 6) is -1.11. The Labute approximate surface area is 122 Å². The Morgan fingerprint density at radius 1 is 1.38 bits per heavy atom. The molecule has 1 heterocycles. The number of amides is 1. The molecule has 2 rings (SSSR count). The van der Waals surface area contributed by atoms with Gasteiger partial charge in [0.15, 0.2) is 0 Å². The number of nitrogens with zero attached hydrogens (tertiary/aromatic N) is 1. The fraction of sp³-hybridized carbons (Fsp3) is 0.333. The zero-order valence-electron chi connectivity index (χ0n) is 12.2. The molecular formula is C15H19N3O3. The third kappa shape index (κ3) is 2.90. The maximum Gasteiger partial charge on any atom is 0.263 e. The number of fused-ring (bicyclic) bond motifs is 1. The monoisotopic (exact) mass is 289 g/mol. The first-order valence-electron chi connectivity index (χ1n) is 6.96. The van der Waals surface area contributed by atoms with E-state index in [0.29, 0.717) is 24.0 Å². The third-order valence-electron chi connectivity index (χ3n) is 3.41. The number of para-hydroxylation sites is 1. The van der Waals surface area contributed by atoms with E-state index >= 15 is 0 Å². The fourth-order valence-electron chi connectivity index (χ4n) is 2.25. The highest BCUT2D eigenvalue weighted by Crippen LogP contribution is 2.22. The molecule has 0 aliphatic heterocycles. The summed E-state index contributed by atoms with van der Waals surface area (Å²) in [7, 11) is 1.56. The number of carbonyl (C=O) groups is 1. The first-order valence-corrected chi connectivity index (χ1v) is 6.96. The van der Waals surface area contributed by atoms with Gasteiger partial charge in [-0.2, -0.15) is 0 Å². The molecule has 0 saturated carbocycles. The standard InChI is InChI=1S/C15H19N3O3/c1-3-16-8-9-17-14(20)12-13(19)10-6-4-5-7-11(10)18(2)15(12)21/h4-7,16,19H,3,8-9H2,1-2H3,(H,17,20). The predicted octanol–water partition coefficient (Wildman–Crippen LogP) is -1.07. The van der Waals surface area contributed by atoms with E-state index in [1.807, 2.05) is 12.2 Å². The average Bonchev–Trinajstić information content (AvgIpc) is 2.49. The first kappa shape index (κ1) is 15.1. The number of likely N-dealkylation sites (N-methyl/N-ethyl adjacent to an activating group) is 1. The zero-order chi connectivity index (χ0) is 15.4. The highest BCUT2D eigenvalue weighted by Gasteiger charge is 2.15. The average molecular weight is 289 g/mol. The molecule has 0 spiro atoms. The highest BCUT2D eigenvalue weighted by atomic mass is 16.3. The second-order valence-electron chi connectivity index (χ2n) is 4.83. The normalized spacial score (nSPS) is 10.8. The van der Waals surface area contributed by atoms with E-state index in [-0.39, 0.29) is 5.56 Å². The Kier molecular flexibility index (Phi) is 4.59. The summed E-state index contributed by atoms with van der Waals surface area (Å²) in [4.78, 5) is 24.3. The summed E-state index contributed by atoms with van der Waals surface area (Å²) in [6.45, 7) is 4.06. The predicted molar refractivity (Wildman–Crippen MR) is 78.3 cm³/mol. The number of rotatable bonds is 5. The molecule has 21 heavy (non-hydrogen) atoms. The van der Waals surface area contributed by atoms with Crippen molar-refractivity contribution in [2.24, 2.45) is 7.05 Å². The molecule has 0 atom stereocenters. The van der Waals surface area contributed by atoms with Crippen molar-refractivity contribution in [3.63, 3.8) is 0 Å². The second-order valence-corrected chi connectivity index (χ2v) is 4.83. The van der Waals surface area contributed by atoms with Gasteiger partial charge in [0.25, 0.3) is 11.5 Å². The van der Waals surface area contributed by atoms with Crippen LogP contribution in [0.3, 0.4) is 0 Å². The van der Waals surface area contributed by atoms with Gasteiger partial charge in [-0.3, -0.25) is 9.59 Å². The van der Waals surface area contributed by atoms with Crippen LogP contribution in [0, 0.1) is 0 Å². The van der Waals surface area contributed by atoms with Gasteiger partial charge in [0.05, 0.1) is 30.7 Å². The molecule has 6 nitrogen and oxygen atoms in total. The van der Waals surface area contributed by atoms with Crippen LogP contribution in [0.25, 0.3) is 10.9 Å². The number of aromatic nitrogens is 1. The van der Waals surface area contributed by atoms with E-state index in [4.69, 9.17) is 0 Å². The van der Waals surface area contributed by atoms with Crippen LogP contribution < -0.4 is 21.3 Å². The fourth-order valence-corrected chi connectivity index (χ4v) is 2.25. The smallest absolute Gasteiger partial charge is 0.263 e. The third-order valence-corrected chi connectivity index (χ3v) is 3.41.